The summed E-state index contributed by atoms with van der Waals surface area (Å²) in [6.45, 7) is 5.48. The monoisotopic (exact) mass is 428 g/mol. The van der Waals surface area contributed by atoms with Crippen molar-refractivity contribution in [3.8, 4) is 5.75 Å². The molecule has 0 unspecified atom stereocenters. The van der Waals surface area contributed by atoms with Crippen molar-refractivity contribution in [2.75, 3.05) is 6.61 Å². The van der Waals surface area contributed by atoms with Gasteiger partial charge in [-0.1, -0.05) is 122 Å². The van der Waals surface area contributed by atoms with Crippen LogP contribution in [0.25, 0.3) is 0 Å². The first-order valence-electron chi connectivity index (χ1n) is 14.0. The Bertz CT molecular complexity index is 512. The van der Waals surface area contributed by atoms with Crippen LogP contribution in [0.15, 0.2) is 24.3 Å². The van der Waals surface area contributed by atoms with Gasteiger partial charge in [-0.2, -0.15) is 0 Å². The molecule has 0 aromatic heterocycles. The molecular weight excluding hydrogens is 376 g/mol. The normalized spacial score (nSPS) is 18.9. The third-order valence-corrected chi connectivity index (χ3v) is 7.45. The highest BCUT2D eigenvalue weighted by atomic mass is 16.5. The van der Waals surface area contributed by atoms with E-state index in [0.717, 1.165) is 24.2 Å². The van der Waals surface area contributed by atoms with E-state index < -0.39 is 0 Å². The number of rotatable bonds is 18. The molecule has 1 nitrogen and oxygen atoms in total. The molecule has 0 amide bonds. The van der Waals surface area contributed by atoms with E-state index in [9.17, 15) is 0 Å². The Morgan fingerprint density at radius 3 is 1.74 bits per heavy atom. The molecule has 0 radical (unpaired) electrons. The Balaban J connectivity index is 1.46. The summed E-state index contributed by atoms with van der Waals surface area (Å²) in [6.07, 6.45) is 26.6. The van der Waals surface area contributed by atoms with Crippen molar-refractivity contribution in [1.82, 2.24) is 0 Å². The maximum Gasteiger partial charge on any atom is 0.119 e. The molecule has 178 valence electrons. The van der Waals surface area contributed by atoms with Crippen molar-refractivity contribution in [2.45, 2.75) is 136 Å². The van der Waals surface area contributed by atoms with Gasteiger partial charge in [0, 0.05) is 0 Å². The fourth-order valence-electron chi connectivity index (χ4n) is 5.27. The summed E-state index contributed by atoms with van der Waals surface area (Å²) >= 11 is 0. The summed E-state index contributed by atoms with van der Waals surface area (Å²) in [4.78, 5) is 0. The molecule has 0 N–H and O–H groups in total. The first-order valence-corrected chi connectivity index (χ1v) is 14.0. The van der Waals surface area contributed by atoms with Crippen LogP contribution in [0.5, 0.6) is 5.75 Å². The number of benzene rings is 1. The second-order valence-corrected chi connectivity index (χ2v) is 10.2. The predicted octanol–water partition coefficient (Wildman–Crippen LogP) is 9.92. The maximum atomic E-state index is 6.03. The molecule has 1 aromatic carbocycles. The van der Waals surface area contributed by atoms with Gasteiger partial charge in [-0.05, 0) is 55.2 Å². The third-order valence-electron chi connectivity index (χ3n) is 7.45. The Labute approximate surface area is 194 Å². The van der Waals surface area contributed by atoms with Crippen LogP contribution in [-0.2, 0) is 6.42 Å². The smallest absolute Gasteiger partial charge is 0.119 e. The van der Waals surface area contributed by atoms with Gasteiger partial charge < -0.3 is 4.74 Å². The number of ether oxygens (including phenoxy) is 1. The van der Waals surface area contributed by atoms with Crippen LogP contribution >= 0.6 is 0 Å². The van der Waals surface area contributed by atoms with Crippen molar-refractivity contribution in [3.63, 3.8) is 0 Å². The molecule has 0 heterocycles. The molecule has 0 aliphatic heterocycles. The van der Waals surface area contributed by atoms with Crippen molar-refractivity contribution >= 4 is 0 Å². The van der Waals surface area contributed by atoms with Gasteiger partial charge >= 0.3 is 0 Å². The van der Waals surface area contributed by atoms with Crippen molar-refractivity contribution in [1.29, 1.82) is 0 Å². The summed E-state index contributed by atoms with van der Waals surface area (Å²) in [6, 6.07) is 8.91. The zero-order valence-electron chi connectivity index (χ0n) is 21.0. The lowest BCUT2D eigenvalue weighted by Crippen LogP contribution is -2.15. The van der Waals surface area contributed by atoms with Crippen molar-refractivity contribution in [2.24, 2.45) is 11.8 Å². The van der Waals surface area contributed by atoms with Crippen LogP contribution in [0, 0.1) is 11.8 Å². The van der Waals surface area contributed by atoms with Crippen molar-refractivity contribution in [3.05, 3.63) is 29.8 Å². The van der Waals surface area contributed by atoms with E-state index in [0.29, 0.717) is 0 Å². The van der Waals surface area contributed by atoms with E-state index in [1.807, 2.05) is 0 Å². The number of hydrogen-bond donors (Lipinski definition) is 0. The van der Waals surface area contributed by atoms with Gasteiger partial charge in [-0.15, -0.1) is 0 Å². The molecular formula is C30H52O. The fourth-order valence-corrected chi connectivity index (χ4v) is 5.27. The topological polar surface area (TPSA) is 9.23 Å². The lowest BCUT2D eigenvalue weighted by atomic mass is 9.78. The molecule has 1 fully saturated rings. The molecule has 2 rings (SSSR count). The Morgan fingerprint density at radius 1 is 0.613 bits per heavy atom. The largest absolute Gasteiger partial charge is 0.494 e. The van der Waals surface area contributed by atoms with Crippen LogP contribution < -0.4 is 4.74 Å². The van der Waals surface area contributed by atoms with Gasteiger partial charge in [-0.25, -0.2) is 0 Å². The minimum Gasteiger partial charge on any atom is -0.494 e. The van der Waals surface area contributed by atoms with Gasteiger partial charge in [0.25, 0.3) is 0 Å². The van der Waals surface area contributed by atoms with Crippen molar-refractivity contribution < 1.29 is 4.74 Å². The molecule has 1 aliphatic carbocycles. The Morgan fingerprint density at radius 2 is 1.13 bits per heavy atom. The second-order valence-electron chi connectivity index (χ2n) is 10.2. The minimum absolute atomic E-state index is 0.883. The number of hydrogen-bond acceptors (Lipinski definition) is 1. The summed E-state index contributed by atoms with van der Waals surface area (Å²) in [5, 5.41) is 0. The highest BCUT2D eigenvalue weighted by Gasteiger charge is 2.20. The molecule has 1 saturated carbocycles. The molecule has 1 heteroatoms. The first kappa shape index (κ1) is 26.3. The molecule has 0 saturated heterocycles. The lowest BCUT2D eigenvalue weighted by Gasteiger charge is -2.28. The Kier molecular flexibility index (Phi) is 14.9. The summed E-state index contributed by atoms with van der Waals surface area (Å²) in [7, 11) is 0. The Hall–Kier alpha value is -0.980. The SMILES string of the molecule is CCCCCCCCCCc1ccc(OCCCC2CCC(CCCCC)CC2)cc1. The van der Waals surface area contributed by atoms with E-state index in [-0.39, 0.29) is 0 Å². The van der Waals surface area contributed by atoms with Crippen LogP contribution in [0.1, 0.15) is 135 Å². The van der Waals surface area contributed by atoms with Gasteiger partial charge in [0.15, 0.2) is 0 Å². The molecule has 0 atom stereocenters. The number of aryl methyl sites for hydroxylation is 1. The van der Waals surface area contributed by atoms with Gasteiger partial charge in [0.2, 0.25) is 0 Å². The minimum atomic E-state index is 0.883. The lowest BCUT2D eigenvalue weighted by molar-refractivity contribution is 0.228. The van der Waals surface area contributed by atoms with E-state index in [1.54, 1.807) is 0 Å². The zero-order chi connectivity index (χ0) is 22.0. The van der Waals surface area contributed by atoms with E-state index in [2.05, 4.69) is 38.1 Å². The highest BCUT2D eigenvalue weighted by Crippen LogP contribution is 2.34. The molecule has 31 heavy (non-hydrogen) atoms. The third kappa shape index (κ3) is 12.6. The molecule has 0 bridgehead atoms. The quantitative estimate of drug-likeness (QED) is 0.211. The van der Waals surface area contributed by atoms with E-state index >= 15 is 0 Å². The zero-order valence-corrected chi connectivity index (χ0v) is 21.0. The fraction of sp³-hybridized carbons (Fsp3) is 0.800. The van der Waals surface area contributed by atoms with Crippen LogP contribution in [0.2, 0.25) is 0 Å². The molecule has 1 aromatic rings. The first-order chi connectivity index (χ1) is 15.3. The molecule has 1 aliphatic rings. The highest BCUT2D eigenvalue weighted by molar-refractivity contribution is 5.27. The number of unbranched alkanes of at least 4 members (excludes halogenated alkanes) is 9. The average molecular weight is 429 g/mol. The predicted molar refractivity (Wildman–Crippen MR) is 137 cm³/mol. The standard InChI is InChI=1S/C30H52O/c1-3-5-7-8-9-10-11-13-16-28-22-24-30(25-23-28)31-26-14-17-29-20-18-27(19-21-29)15-12-6-4-2/h22-25,27,29H,3-21,26H2,1-2H3. The van der Waals surface area contributed by atoms with Crippen LogP contribution in [0.3, 0.4) is 0 Å². The average Bonchev–Trinajstić information content (AvgIpc) is 2.80. The van der Waals surface area contributed by atoms with Crippen LogP contribution in [-0.4, -0.2) is 6.61 Å². The van der Waals surface area contributed by atoms with Gasteiger partial charge in [0.05, 0.1) is 6.61 Å². The van der Waals surface area contributed by atoms with E-state index in [1.165, 1.54) is 128 Å². The summed E-state index contributed by atoms with van der Waals surface area (Å²) in [5.41, 5.74) is 1.47. The van der Waals surface area contributed by atoms with Crippen LogP contribution in [0.4, 0.5) is 0 Å². The van der Waals surface area contributed by atoms with Gasteiger partial charge in [-0.3, -0.25) is 0 Å². The summed E-state index contributed by atoms with van der Waals surface area (Å²) in [5.74, 6) is 3.04. The van der Waals surface area contributed by atoms with E-state index in [4.69, 9.17) is 4.74 Å². The molecule has 0 spiro atoms. The second kappa shape index (κ2) is 17.6. The summed E-state index contributed by atoms with van der Waals surface area (Å²) < 4.78 is 6.03. The maximum absolute atomic E-state index is 6.03. The van der Waals surface area contributed by atoms with Gasteiger partial charge in [0.1, 0.15) is 5.75 Å².